The summed E-state index contributed by atoms with van der Waals surface area (Å²) in [5, 5.41) is 3.47. The summed E-state index contributed by atoms with van der Waals surface area (Å²) in [6.07, 6.45) is 2.51. The summed E-state index contributed by atoms with van der Waals surface area (Å²) in [5.41, 5.74) is 1.65. The summed E-state index contributed by atoms with van der Waals surface area (Å²) in [6, 6.07) is 8.44. The molecule has 1 fully saturated rings. The molecule has 1 N–H and O–H groups in total. The normalized spacial score (nSPS) is 26.3. The lowest BCUT2D eigenvalue weighted by Crippen LogP contribution is -2.41. The Balaban J connectivity index is 2.26. The van der Waals surface area contributed by atoms with Crippen LogP contribution in [0.15, 0.2) is 24.3 Å². The molecule has 2 nitrogen and oxygen atoms in total. The Hall–Kier alpha value is -1.02. The molecule has 1 aromatic rings. The molecule has 0 amide bonds. The highest BCUT2D eigenvalue weighted by molar-refractivity contribution is 5.34. The maximum atomic E-state index is 5.27. The molecule has 0 unspecified atom stereocenters. The number of piperidine rings is 1. The van der Waals surface area contributed by atoms with E-state index in [1.807, 2.05) is 6.07 Å². The van der Waals surface area contributed by atoms with Crippen LogP contribution in [-0.2, 0) is 5.41 Å². The Kier molecular flexibility index (Phi) is 2.96. The van der Waals surface area contributed by atoms with E-state index in [4.69, 9.17) is 4.74 Å². The predicted octanol–water partition coefficient (Wildman–Crippen LogP) is 2.34. The SMILES string of the molecule is COc1cccc([C@@]2(C)CCCNC2)c1. The molecule has 0 aromatic heterocycles. The van der Waals surface area contributed by atoms with Gasteiger partial charge in [0.1, 0.15) is 5.75 Å². The van der Waals surface area contributed by atoms with Crippen LogP contribution in [0.1, 0.15) is 25.3 Å². The summed E-state index contributed by atoms with van der Waals surface area (Å²) in [6.45, 7) is 4.55. The molecule has 1 saturated heterocycles. The second kappa shape index (κ2) is 4.23. The minimum Gasteiger partial charge on any atom is -0.497 e. The Labute approximate surface area is 91.6 Å². The molecule has 82 valence electrons. The van der Waals surface area contributed by atoms with E-state index in [1.54, 1.807) is 7.11 Å². The van der Waals surface area contributed by atoms with Crippen LogP contribution in [0.5, 0.6) is 5.75 Å². The standard InChI is InChI=1S/C13H19NO/c1-13(7-4-8-14-10-13)11-5-3-6-12(9-11)15-2/h3,5-6,9,14H,4,7-8,10H2,1-2H3/t13-/m0/s1. The third-order valence-electron chi connectivity index (χ3n) is 3.36. The summed E-state index contributed by atoms with van der Waals surface area (Å²) >= 11 is 0. The number of hydrogen-bond donors (Lipinski definition) is 1. The minimum atomic E-state index is 0.271. The van der Waals surface area contributed by atoms with E-state index in [-0.39, 0.29) is 5.41 Å². The Morgan fingerprint density at radius 3 is 2.93 bits per heavy atom. The van der Waals surface area contributed by atoms with Gasteiger partial charge in [-0.05, 0) is 37.1 Å². The first kappa shape index (κ1) is 10.5. The van der Waals surface area contributed by atoms with Gasteiger partial charge in [-0.25, -0.2) is 0 Å². The van der Waals surface area contributed by atoms with E-state index < -0.39 is 0 Å². The van der Waals surface area contributed by atoms with Gasteiger partial charge in [-0.15, -0.1) is 0 Å². The fourth-order valence-corrected chi connectivity index (χ4v) is 2.30. The molecule has 1 aromatic carbocycles. The first-order chi connectivity index (χ1) is 7.24. The van der Waals surface area contributed by atoms with E-state index in [1.165, 1.54) is 18.4 Å². The van der Waals surface area contributed by atoms with Crippen LogP contribution in [0, 0.1) is 0 Å². The number of methoxy groups -OCH3 is 1. The molecule has 2 rings (SSSR count). The van der Waals surface area contributed by atoms with Gasteiger partial charge < -0.3 is 10.1 Å². The van der Waals surface area contributed by atoms with Gasteiger partial charge in [-0.3, -0.25) is 0 Å². The largest absolute Gasteiger partial charge is 0.497 e. The van der Waals surface area contributed by atoms with E-state index in [9.17, 15) is 0 Å². The van der Waals surface area contributed by atoms with Crippen molar-refractivity contribution in [2.45, 2.75) is 25.2 Å². The first-order valence-corrected chi connectivity index (χ1v) is 5.60. The van der Waals surface area contributed by atoms with Crippen LogP contribution in [0.3, 0.4) is 0 Å². The molecule has 1 atom stereocenters. The average molecular weight is 205 g/mol. The topological polar surface area (TPSA) is 21.3 Å². The van der Waals surface area contributed by atoms with Gasteiger partial charge in [-0.1, -0.05) is 19.1 Å². The van der Waals surface area contributed by atoms with Gasteiger partial charge >= 0.3 is 0 Å². The third-order valence-corrected chi connectivity index (χ3v) is 3.36. The maximum Gasteiger partial charge on any atom is 0.119 e. The van der Waals surface area contributed by atoms with Gasteiger partial charge in [0.05, 0.1) is 7.11 Å². The fraction of sp³-hybridized carbons (Fsp3) is 0.538. The monoisotopic (exact) mass is 205 g/mol. The highest BCUT2D eigenvalue weighted by atomic mass is 16.5. The summed E-state index contributed by atoms with van der Waals surface area (Å²) in [4.78, 5) is 0. The van der Waals surface area contributed by atoms with E-state index in [2.05, 4.69) is 30.4 Å². The number of benzene rings is 1. The molecular formula is C13H19NO. The summed E-state index contributed by atoms with van der Waals surface area (Å²) in [7, 11) is 1.72. The average Bonchev–Trinajstić information content (AvgIpc) is 2.30. The van der Waals surface area contributed by atoms with Crippen molar-refractivity contribution in [1.82, 2.24) is 5.32 Å². The zero-order valence-corrected chi connectivity index (χ0v) is 9.55. The smallest absolute Gasteiger partial charge is 0.119 e. The van der Waals surface area contributed by atoms with E-state index in [0.717, 1.165) is 18.8 Å². The number of hydrogen-bond acceptors (Lipinski definition) is 2. The van der Waals surface area contributed by atoms with Gasteiger partial charge in [0.2, 0.25) is 0 Å². The van der Waals surface area contributed by atoms with Crippen molar-refractivity contribution in [3.63, 3.8) is 0 Å². The number of rotatable bonds is 2. The van der Waals surface area contributed by atoms with E-state index in [0.29, 0.717) is 0 Å². The minimum absolute atomic E-state index is 0.271. The molecule has 0 saturated carbocycles. The van der Waals surface area contributed by atoms with Crippen molar-refractivity contribution in [2.75, 3.05) is 20.2 Å². The van der Waals surface area contributed by atoms with Crippen LogP contribution >= 0.6 is 0 Å². The van der Waals surface area contributed by atoms with Crippen molar-refractivity contribution in [1.29, 1.82) is 0 Å². The molecule has 0 bridgehead atoms. The van der Waals surface area contributed by atoms with Crippen LogP contribution in [-0.4, -0.2) is 20.2 Å². The van der Waals surface area contributed by atoms with Crippen molar-refractivity contribution >= 4 is 0 Å². The molecular weight excluding hydrogens is 186 g/mol. The van der Waals surface area contributed by atoms with Crippen molar-refractivity contribution in [3.05, 3.63) is 29.8 Å². The zero-order valence-electron chi connectivity index (χ0n) is 9.55. The highest BCUT2D eigenvalue weighted by Gasteiger charge is 2.28. The quantitative estimate of drug-likeness (QED) is 0.800. The van der Waals surface area contributed by atoms with Crippen molar-refractivity contribution in [3.8, 4) is 5.75 Å². The van der Waals surface area contributed by atoms with Crippen molar-refractivity contribution in [2.24, 2.45) is 0 Å². The van der Waals surface area contributed by atoms with Gasteiger partial charge in [-0.2, -0.15) is 0 Å². The van der Waals surface area contributed by atoms with Crippen molar-refractivity contribution < 1.29 is 4.74 Å². The molecule has 1 aliphatic heterocycles. The third kappa shape index (κ3) is 2.15. The zero-order chi connectivity index (χ0) is 10.7. The predicted molar refractivity (Wildman–Crippen MR) is 62.4 cm³/mol. The Morgan fingerprint density at radius 1 is 1.40 bits per heavy atom. The molecule has 0 radical (unpaired) electrons. The number of ether oxygens (including phenoxy) is 1. The molecule has 0 spiro atoms. The van der Waals surface area contributed by atoms with Crippen LogP contribution in [0.2, 0.25) is 0 Å². The summed E-state index contributed by atoms with van der Waals surface area (Å²) < 4.78 is 5.27. The molecule has 1 aliphatic rings. The lowest BCUT2D eigenvalue weighted by atomic mass is 9.76. The number of nitrogens with one attached hydrogen (secondary N) is 1. The van der Waals surface area contributed by atoms with Gasteiger partial charge in [0, 0.05) is 12.0 Å². The van der Waals surface area contributed by atoms with Crippen LogP contribution < -0.4 is 10.1 Å². The highest BCUT2D eigenvalue weighted by Crippen LogP contribution is 2.32. The second-order valence-electron chi connectivity index (χ2n) is 4.57. The van der Waals surface area contributed by atoms with Crippen LogP contribution in [0.4, 0.5) is 0 Å². The van der Waals surface area contributed by atoms with Gasteiger partial charge in [0.15, 0.2) is 0 Å². The summed E-state index contributed by atoms with van der Waals surface area (Å²) in [5.74, 6) is 0.958. The molecule has 1 heterocycles. The van der Waals surface area contributed by atoms with Gasteiger partial charge in [0.25, 0.3) is 0 Å². The fourth-order valence-electron chi connectivity index (χ4n) is 2.30. The van der Waals surface area contributed by atoms with Crippen LogP contribution in [0.25, 0.3) is 0 Å². The Bertz CT molecular complexity index is 329. The molecule has 0 aliphatic carbocycles. The maximum absolute atomic E-state index is 5.27. The lowest BCUT2D eigenvalue weighted by molar-refractivity contribution is 0.337. The molecule has 2 heteroatoms. The van der Waals surface area contributed by atoms with E-state index >= 15 is 0 Å². The molecule has 15 heavy (non-hydrogen) atoms. The lowest BCUT2D eigenvalue weighted by Gasteiger charge is -2.34. The Morgan fingerprint density at radius 2 is 2.27 bits per heavy atom. The second-order valence-corrected chi connectivity index (χ2v) is 4.57. The first-order valence-electron chi connectivity index (χ1n) is 5.60.